The van der Waals surface area contributed by atoms with Crippen LogP contribution in [0.15, 0.2) is 12.2 Å². The number of nitrogens with zero attached hydrogens (tertiary/aromatic N) is 1. The van der Waals surface area contributed by atoms with E-state index in [4.69, 9.17) is 0 Å². The average Bonchev–Trinajstić information content (AvgIpc) is 2.77. The first-order chi connectivity index (χ1) is 6.83. The Kier molecular flexibility index (Phi) is 2.87. The maximum atomic E-state index is 11.9. The van der Waals surface area contributed by atoms with Crippen LogP contribution in [-0.2, 0) is 4.79 Å². The van der Waals surface area contributed by atoms with Crippen molar-refractivity contribution in [3.05, 3.63) is 12.2 Å². The van der Waals surface area contributed by atoms with Crippen molar-refractivity contribution in [1.29, 1.82) is 0 Å². The van der Waals surface area contributed by atoms with E-state index in [1.165, 1.54) is 0 Å². The molecule has 1 amide bonds. The van der Waals surface area contributed by atoms with Crippen molar-refractivity contribution >= 4 is 5.91 Å². The topological polar surface area (TPSA) is 32.3 Å². The summed E-state index contributed by atoms with van der Waals surface area (Å²) in [4.78, 5) is 14.0. The van der Waals surface area contributed by atoms with Crippen molar-refractivity contribution in [2.45, 2.75) is 38.3 Å². The van der Waals surface area contributed by atoms with Gasteiger partial charge in [0.25, 0.3) is 0 Å². The third-order valence-electron chi connectivity index (χ3n) is 3.11. The molecule has 1 fully saturated rings. The molecule has 0 spiro atoms. The SMILES string of the molecule is CCNC1CCN(C2CC=CC2)C1=O. The van der Waals surface area contributed by atoms with Crippen LogP contribution in [0.3, 0.4) is 0 Å². The molecule has 1 unspecified atom stereocenters. The van der Waals surface area contributed by atoms with E-state index in [0.29, 0.717) is 11.9 Å². The van der Waals surface area contributed by atoms with Gasteiger partial charge in [0.2, 0.25) is 5.91 Å². The van der Waals surface area contributed by atoms with Gasteiger partial charge in [0.15, 0.2) is 0 Å². The molecule has 0 saturated carbocycles. The predicted molar refractivity (Wildman–Crippen MR) is 56.0 cm³/mol. The van der Waals surface area contributed by atoms with Crippen molar-refractivity contribution in [2.75, 3.05) is 13.1 Å². The standard InChI is InChI=1S/C11H18N2O/c1-2-12-10-7-8-13(11(10)14)9-5-3-4-6-9/h3-4,9-10,12H,2,5-8H2,1H3. The number of hydrogen-bond donors (Lipinski definition) is 1. The summed E-state index contributed by atoms with van der Waals surface area (Å²) in [6, 6.07) is 0.534. The maximum Gasteiger partial charge on any atom is 0.240 e. The molecule has 1 N–H and O–H groups in total. The average molecular weight is 194 g/mol. The van der Waals surface area contributed by atoms with Gasteiger partial charge >= 0.3 is 0 Å². The number of rotatable bonds is 3. The van der Waals surface area contributed by atoms with Crippen LogP contribution in [0.4, 0.5) is 0 Å². The number of nitrogens with one attached hydrogen (secondary N) is 1. The minimum Gasteiger partial charge on any atom is -0.338 e. The van der Waals surface area contributed by atoms with Crippen molar-refractivity contribution in [1.82, 2.24) is 10.2 Å². The summed E-state index contributed by atoms with van der Waals surface area (Å²) in [6.07, 6.45) is 7.43. The molecule has 1 aliphatic heterocycles. The predicted octanol–water partition coefficient (Wildman–Crippen LogP) is 0.915. The van der Waals surface area contributed by atoms with Crippen LogP contribution in [0.2, 0.25) is 0 Å². The summed E-state index contributed by atoms with van der Waals surface area (Å²) >= 11 is 0. The van der Waals surface area contributed by atoms with Crippen LogP contribution in [0.1, 0.15) is 26.2 Å². The second-order valence-electron chi connectivity index (χ2n) is 4.03. The number of likely N-dealkylation sites (tertiary alicyclic amines) is 1. The van der Waals surface area contributed by atoms with E-state index in [1.54, 1.807) is 0 Å². The van der Waals surface area contributed by atoms with E-state index in [-0.39, 0.29) is 6.04 Å². The van der Waals surface area contributed by atoms with E-state index in [0.717, 1.165) is 32.4 Å². The summed E-state index contributed by atoms with van der Waals surface area (Å²) in [5.74, 6) is 0.306. The van der Waals surface area contributed by atoms with Gasteiger partial charge in [-0.05, 0) is 25.8 Å². The van der Waals surface area contributed by atoms with Gasteiger partial charge in [-0.3, -0.25) is 4.79 Å². The Balaban J connectivity index is 1.92. The number of carbonyl (C=O) groups is 1. The molecule has 3 nitrogen and oxygen atoms in total. The first kappa shape index (κ1) is 9.71. The first-order valence-electron chi connectivity index (χ1n) is 5.51. The molecule has 0 bridgehead atoms. The van der Waals surface area contributed by atoms with Crippen LogP contribution in [0.5, 0.6) is 0 Å². The first-order valence-corrected chi connectivity index (χ1v) is 5.51. The Labute approximate surface area is 85.2 Å². The summed E-state index contributed by atoms with van der Waals surface area (Å²) in [6.45, 7) is 3.86. The minimum absolute atomic E-state index is 0.0839. The van der Waals surface area contributed by atoms with Crippen LogP contribution in [0.25, 0.3) is 0 Å². The van der Waals surface area contributed by atoms with E-state index >= 15 is 0 Å². The van der Waals surface area contributed by atoms with E-state index < -0.39 is 0 Å². The fourth-order valence-electron chi connectivity index (χ4n) is 2.36. The number of amides is 1. The number of hydrogen-bond acceptors (Lipinski definition) is 2. The molecule has 78 valence electrons. The lowest BCUT2D eigenvalue weighted by Crippen LogP contribution is -2.41. The van der Waals surface area contributed by atoms with Gasteiger partial charge in [0.1, 0.15) is 0 Å². The fourth-order valence-corrected chi connectivity index (χ4v) is 2.36. The molecule has 3 heteroatoms. The Morgan fingerprint density at radius 2 is 2.21 bits per heavy atom. The lowest BCUT2D eigenvalue weighted by Gasteiger charge is -2.24. The third-order valence-corrected chi connectivity index (χ3v) is 3.11. The fraction of sp³-hybridized carbons (Fsp3) is 0.727. The third kappa shape index (κ3) is 1.69. The van der Waals surface area contributed by atoms with E-state index in [1.807, 2.05) is 11.8 Å². The maximum absolute atomic E-state index is 11.9. The van der Waals surface area contributed by atoms with Crippen molar-refractivity contribution in [3.8, 4) is 0 Å². The molecular weight excluding hydrogens is 176 g/mol. The Morgan fingerprint density at radius 1 is 1.50 bits per heavy atom. The Hall–Kier alpha value is -0.830. The normalized spacial score (nSPS) is 27.9. The van der Waals surface area contributed by atoms with Gasteiger partial charge < -0.3 is 10.2 Å². The highest BCUT2D eigenvalue weighted by molar-refractivity contribution is 5.84. The van der Waals surface area contributed by atoms with Gasteiger partial charge in [-0.1, -0.05) is 19.1 Å². The number of likely N-dealkylation sites (N-methyl/N-ethyl adjacent to an activating group) is 1. The molecule has 0 radical (unpaired) electrons. The van der Waals surface area contributed by atoms with Crippen molar-refractivity contribution < 1.29 is 4.79 Å². The smallest absolute Gasteiger partial charge is 0.240 e. The van der Waals surface area contributed by atoms with Crippen LogP contribution < -0.4 is 5.32 Å². The van der Waals surface area contributed by atoms with Gasteiger partial charge in [-0.25, -0.2) is 0 Å². The molecule has 0 aromatic carbocycles. The highest BCUT2D eigenvalue weighted by Crippen LogP contribution is 2.22. The van der Waals surface area contributed by atoms with E-state index in [9.17, 15) is 4.79 Å². The van der Waals surface area contributed by atoms with Gasteiger partial charge in [0.05, 0.1) is 6.04 Å². The zero-order valence-corrected chi connectivity index (χ0v) is 8.70. The molecule has 0 aromatic rings. The zero-order chi connectivity index (χ0) is 9.97. The highest BCUT2D eigenvalue weighted by Gasteiger charge is 2.35. The van der Waals surface area contributed by atoms with Crippen LogP contribution in [-0.4, -0.2) is 36.0 Å². The van der Waals surface area contributed by atoms with Gasteiger partial charge in [-0.2, -0.15) is 0 Å². The monoisotopic (exact) mass is 194 g/mol. The van der Waals surface area contributed by atoms with Crippen LogP contribution >= 0.6 is 0 Å². The summed E-state index contributed by atoms with van der Waals surface area (Å²) < 4.78 is 0. The molecule has 1 heterocycles. The van der Waals surface area contributed by atoms with Crippen molar-refractivity contribution in [3.63, 3.8) is 0 Å². The molecule has 0 aromatic heterocycles. The number of carbonyl (C=O) groups excluding carboxylic acids is 1. The highest BCUT2D eigenvalue weighted by atomic mass is 16.2. The second-order valence-corrected chi connectivity index (χ2v) is 4.03. The molecule has 2 aliphatic rings. The molecule has 1 aliphatic carbocycles. The van der Waals surface area contributed by atoms with E-state index in [2.05, 4.69) is 17.5 Å². The van der Waals surface area contributed by atoms with Crippen LogP contribution in [0, 0.1) is 0 Å². The quantitative estimate of drug-likeness (QED) is 0.677. The van der Waals surface area contributed by atoms with Crippen molar-refractivity contribution in [2.24, 2.45) is 0 Å². The minimum atomic E-state index is 0.0839. The largest absolute Gasteiger partial charge is 0.338 e. The summed E-state index contributed by atoms with van der Waals surface area (Å²) in [7, 11) is 0. The molecule has 14 heavy (non-hydrogen) atoms. The molecular formula is C11H18N2O. The molecule has 1 atom stereocenters. The summed E-state index contributed by atoms with van der Waals surface area (Å²) in [5.41, 5.74) is 0. The Morgan fingerprint density at radius 3 is 2.86 bits per heavy atom. The molecule has 2 rings (SSSR count). The lowest BCUT2D eigenvalue weighted by atomic mass is 10.2. The molecule has 1 saturated heterocycles. The Bertz CT molecular complexity index is 242. The second kappa shape index (κ2) is 4.13. The summed E-state index contributed by atoms with van der Waals surface area (Å²) in [5, 5.41) is 3.24. The van der Waals surface area contributed by atoms with Gasteiger partial charge in [-0.15, -0.1) is 0 Å². The van der Waals surface area contributed by atoms with Gasteiger partial charge in [0, 0.05) is 12.6 Å². The zero-order valence-electron chi connectivity index (χ0n) is 8.70. The lowest BCUT2D eigenvalue weighted by molar-refractivity contribution is -0.131.